The van der Waals surface area contributed by atoms with E-state index in [9.17, 15) is 19.1 Å². The molecule has 1 aliphatic rings. The van der Waals surface area contributed by atoms with E-state index in [2.05, 4.69) is 23.5 Å². The molecule has 0 spiro atoms. The van der Waals surface area contributed by atoms with Crippen LogP contribution in [0.3, 0.4) is 0 Å². The van der Waals surface area contributed by atoms with Crippen LogP contribution in [0.25, 0.3) is 0 Å². The number of ketones is 1. The van der Waals surface area contributed by atoms with Gasteiger partial charge >= 0.3 is 5.97 Å². The summed E-state index contributed by atoms with van der Waals surface area (Å²) in [5.41, 5.74) is 2.94. The van der Waals surface area contributed by atoms with E-state index in [4.69, 9.17) is 4.74 Å². The number of benzene rings is 1. The Labute approximate surface area is 176 Å². The summed E-state index contributed by atoms with van der Waals surface area (Å²) in [7, 11) is 1.22. The van der Waals surface area contributed by atoms with Gasteiger partial charge in [-0.1, -0.05) is 19.1 Å². The van der Waals surface area contributed by atoms with E-state index in [1.807, 2.05) is 6.08 Å². The van der Waals surface area contributed by atoms with Crippen LogP contribution in [0, 0.1) is 23.6 Å². The number of Topliss-reactive ketones (excluding diaryl/α,β-unsaturated/α-hetero) is 1. The molecule has 0 saturated heterocycles. The van der Waals surface area contributed by atoms with Crippen LogP contribution in [-0.4, -0.2) is 36.7 Å². The molecule has 1 aliphatic carbocycles. The highest BCUT2D eigenvalue weighted by Gasteiger charge is 2.37. The highest BCUT2D eigenvalue weighted by Crippen LogP contribution is 2.37. The Morgan fingerprint density at radius 2 is 2.07 bits per heavy atom. The molecule has 0 heterocycles. The average molecular weight is 416 g/mol. The van der Waals surface area contributed by atoms with E-state index in [-0.39, 0.29) is 35.8 Å². The van der Waals surface area contributed by atoms with Crippen molar-refractivity contribution in [2.24, 2.45) is 17.8 Å². The number of esters is 1. The minimum absolute atomic E-state index is 0.0966. The summed E-state index contributed by atoms with van der Waals surface area (Å²) in [4.78, 5) is 23.5. The van der Waals surface area contributed by atoms with Gasteiger partial charge in [0, 0.05) is 18.8 Å². The first-order chi connectivity index (χ1) is 14.4. The lowest BCUT2D eigenvalue weighted by atomic mass is 9.87. The van der Waals surface area contributed by atoms with Crippen molar-refractivity contribution in [2.45, 2.75) is 38.7 Å². The summed E-state index contributed by atoms with van der Waals surface area (Å²) in [6, 6.07) is 5.91. The molecule has 4 atom stereocenters. The number of aliphatic hydroxyl groups is 1. The molecule has 1 saturated carbocycles. The van der Waals surface area contributed by atoms with Crippen molar-refractivity contribution in [3.63, 3.8) is 0 Å². The Morgan fingerprint density at radius 3 is 2.77 bits per heavy atom. The van der Waals surface area contributed by atoms with Crippen molar-refractivity contribution >= 4 is 11.8 Å². The SMILES string of the molecule is COC(=O)C(O)CC=C=CC[C@H]1C(=O)C[C@@H](C)[C@@H]1/C=C/CCOc1ccc(F)cc1. The van der Waals surface area contributed by atoms with Crippen molar-refractivity contribution in [3.8, 4) is 5.75 Å². The molecule has 6 heteroatoms. The van der Waals surface area contributed by atoms with Crippen LogP contribution >= 0.6 is 0 Å². The first kappa shape index (κ1) is 23.6. The number of aliphatic hydroxyl groups excluding tert-OH is 1. The third kappa shape index (κ3) is 7.29. The van der Waals surface area contributed by atoms with Crippen LogP contribution in [0.1, 0.15) is 32.6 Å². The Bertz CT molecular complexity index is 792. The Kier molecular flexibility index (Phi) is 9.52. The van der Waals surface area contributed by atoms with Crippen LogP contribution in [0.15, 0.2) is 54.3 Å². The smallest absolute Gasteiger partial charge is 0.335 e. The molecule has 30 heavy (non-hydrogen) atoms. The molecular weight excluding hydrogens is 387 g/mol. The highest BCUT2D eigenvalue weighted by molar-refractivity contribution is 5.84. The zero-order chi connectivity index (χ0) is 21.9. The normalized spacial score (nSPS) is 21.9. The van der Waals surface area contributed by atoms with Gasteiger partial charge in [-0.25, -0.2) is 9.18 Å². The maximum absolute atomic E-state index is 12.9. The van der Waals surface area contributed by atoms with Crippen LogP contribution < -0.4 is 4.74 Å². The topological polar surface area (TPSA) is 72.8 Å². The largest absolute Gasteiger partial charge is 0.493 e. The van der Waals surface area contributed by atoms with Crippen LogP contribution in [0.5, 0.6) is 5.75 Å². The lowest BCUT2D eigenvalue weighted by Gasteiger charge is -2.16. The molecule has 0 bridgehead atoms. The van der Waals surface area contributed by atoms with Gasteiger partial charge in [0.05, 0.1) is 13.7 Å². The number of methoxy groups -OCH3 is 1. The molecule has 0 radical (unpaired) electrons. The Morgan fingerprint density at radius 1 is 1.33 bits per heavy atom. The molecule has 0 amide bonds. The van der Waals surface area contributed by atoms with Crippen molar-refractivity contribution in [1.82, 2.24) is 0 Å². The predicted molar refractivity (Wildman–Crippen MR) is 111 cm³/mol. The maximum atomic E-state index is 12.9. The van der Waals surface area contributed by atoms with Gasteiger partial charge in [-0.15, -0.1) is 5.73 Å². The fraction of sp³-hybridized carbons (Fsp3) is 0.458. The van der Waals surface area contributed by atoms with Crippen molar-refractivity contribution in [3.05, 3.63) is 60.1 Å². The third-order valence-electron chi connectivity index (χ3n) is 5.21. The highest BCUT2D eigenvalue weighted by atomic mass is 19.1. The number of hydrogen-bond acceptors (Lipinski definition) is 5. The lowest BCUT2D eigenvalue weighted by molar-refractivity contribution is -0.150. The molecule has 2 rings (SSSR count). The summed E-state index contributed by atoms with van der Waals surface area (Å²) in [5.74, 6) is 0.227. The molecule has 162 valence electrons. The van der Waals surface area contributed by atoms with Crippen molar-refractivity contribution in [1.29, 1.82) is 0 Å². The minimum atomic E-state index is -1.20. The van der Waals surface area contributed by atoms with E-state index in [0.29, 0.717) is 31.6 Å². The van der Waals surface area contributed by atoms with Crippen molar-refractivity contribution < 1.29 is 28.6 Å². The summed E-state index contributed by atoms with van der Waals surface area (Å²) in [5, 5.41) is 9.52. The van der Waals surface area contributed by atoms with Gasteiger partial charge in [-0.3, -0.25) is 4.79 Å². The Balaban J connectivity index is 1.82. The summed E-state index contributed by atoms with van der Waals surface area (Å²) < 4.78 is 22.9. The number of halogens is 1. The second-order valence-electron chi connectivity index (χ2n) is 7.44. The lowest BCUT2D eigenvalue weighted by Crippen LogP contribution is -2.20. The van der Waals surface area contributed by atoms with Gasteiger partial charge in [0.25, 0.3) is 0 Å². The molecule has 5 nitrogen and oxygen atoms in total. The van der Waals surface area contributed by atoms with Crippen LogP contribution in [-0.2, 0) is 14.3 Å². The fourth-order valence-electron chi connectivity index (χ4n) is 3.55. The van der Waals surface area contributed by atoms with Crippen LogP contribution in [0.4, 0.5) is 4.39 Å². The van der Waals surface area contributed by atoms with E-state index < -0.39 is 12.1 Å². The zero-order valence-corrected chi connectivity index (χ0v) is 17.4. The van der Waals surface area contributed by atoms with Gasteiger partial charge in [0.15, 0.2) is 6.10 Å². The molecule has 0 aromatic heterocycles. The van der Waals surface area contributed by atoms with E-state index >= 15 is 0 Å². The first-order valence-electron chi connectivity index (χ1n) is 10.2. The number of allylic oxidation sites excluding steroid dienone is 1. The molecule has 1 unspecified atom stereocenters. The minimum Gasteiger partial charge on any atom is -0.493 e. The summed E-state index contributed by atoms with van der Waals surface area (Å²) in [6.45, 7) is 2.56. The zero-order valence-electron chi connectivity index (χ0n) is 17.4. The van der Waals surface area contributed by atoms with Gasteiger partial charge < -0.3 is 14.6 Å². The van der Waals surface area contributed by atoms with E-state index in [1.165, 1.54) is 19.2 Å². The summed E-state index contributed by atoms with van der Waals surface area (Å²) >= 11 is 0. The fourth-order valence-corrected chi connectivity index (χ4v) is 3.55. The Hall–Kier alpha value is -2.69. The quantitative estimate of drug-likeness (QED) is 0.270. The second-order valence-corrected chi connectivity index (χ2v) is 7.44. The average Bonchev–Trinajstić information content (AvgIpc) is 3.00. The van der Waals surface area contributed by atoms with Crippen molar-refractivity contribution in [2.75, 3.05) is 13.7 Å². The number of hydrogen-bond donors (Lipinski definition) is 1. The molecule has 1 N–H and O–H groups in total. The summed E-state index contributed by atoms with van der Waals surface area (Å²) in [6.07, 6.45) is 8.22. The van der Waals surface area contributed by atoms with Gasteiger partial charge in [0.1, 0.15) is 17.3 Å². The predicted octanol–water partition coefficient (Wildman–Crippen LogP) is 4.02. The number of carbonyl (C=O) groups is 2. The number of ether oxygens (including phenoxy) is 2. The molecule has 1 aromatic carbocycles. The first-order valence-corrected chi connectivity index (χ1v) is 10.2. The number of carbonyl (C=O) groups excluding carboxylic acids is 2. The third-order valence-corrected chi connectivity index (χ3v) is 5.21. The molecule has 1 aromatic rings. The van der Waals surface area contributed by atoms with Gasteiger partial charge in [0.2, 0.25) is 0 Å². The van der Waals surface area contributed by atoms with E-state index in [0.717, 1.165) is 0 Å². The van der Waals surface area contributed by atoms with Gasteiger partial charge in [-0.05, 0) is 61.1 Å². The van der Waals surface area contributed by atoms with E-state index in [1.54, 1.807) is 24.3 Å². The molecule has 1 fully saturated rings. The standard InChI is InChI=1S/C24H29FO5/c1-17-16-23(27)21(9-4-3-5-10-22(26)24(28)29-2)20(17)8-6-7-15-30-19-13-11-18(25)12-14-19/h4-6,8,11-14,17,20-22,26H,7,9-10,15-16H2,1-2H3/b8-6+/t3?,17-,20+,21-,22?/m1/s1. The molecular formula is C24H29FO5. The second kappa shape index (κ2) is 12.1. The van der Waals surface area contributed by atoms with Crippen LogP contribution in [0.2, 0.25) is 0 Å². The number of rotatable bonds is 10. The van der Waals surface area contributed by atoms with Gasteiger partial charge in [-0.2, -0.15) is 0 Å². The molecule has 0 aliphatic heterocycles. The maximum Gasteiger partial charge on any atom is 0.335 e. The monoisotopic (exact) mass is 416 g/mol.